The minimum absolute atomic E-state index is 0.00634. The van der Waals surface area contributed by atoms with Crippen LogP contribution in [0, 0.1) is 5.82 Å². The van der Waals surface area contributed by atoms with Gasteiger partial charge in [-0.15, -0.1) is 0 Å². The van der Waals surface area contributed by atoms with Crippen molar-refractivity contribution in [2.45, 2.75) is 19.4 Å². The molecule has 7 heteroatoms. The number of nitrogen functional groups attached to an aromatic ring is 1. The molecule has 1 aromatic rings. The summed E-state index contributed by atoms with van der Waals surface area (Å²) in [4.78, 5) is 29.1. The molecule has 0 aliphatic carbocycles. The van der Waals surface area contributed by atoms with Crippen LogP contribution < -0.4 is 11.1 Å². The smallest absolute Gasteiger partial charge is 0.258 e. The highest BCUT2D eigenvalue weighted by Gasteiger charge is 2.33. The highest BCUT2D eigenvalue weighted by atomic mass is 19.1. The van der Waals surface area contributed by atoms with Gasteiger partial charge in [-0.05, 0) is 12.5 Å². The monoisotopic (exact) mass is 266 g/mol. The Morgan fingerprint density at radius 1 is 1.68 bits per heavy atom. The maximum absolute atomic E-state index is 13.2. The average Bonchev–Trinajstić information content (AvgIpc) is 2.40. The van der Waals surface area contributed by atoms with E-state index in [0.717, 1.165) is 12.3 Å². The molecule has 102 valence electrons. The van der Waals surface area contributed by atoms with Crippen molar-refractivity contribution >= 4 is 17.6 Å². The van der Waals surface area contributed by atoms with Gasteiger partial charge in [0.15, 0.2) is 0 Å². The molecule has 1 aromatic heterocycles. The first-order valence-electron chi connectivity index (χ1n) is 6.04. The molecule has 0 bridgehead atoms. The van der Waals surface area contributed by atoms with Crippen LogP contribution in [0.1, 0.15) is 23.7 Å². The summed E-state index contributed by atoms with van der Waals surface area (Å²) in [7, 11) is 0. The summed E-state index contributed by atoms with van der Waals surface area (Å²) >= 11 is 0. The molecule has 0 radical (unpaired) electrons. The highest BCUT2D eigenvalue weighted by molar-refractivity contribution is 6.01. The number of halogens is 1. The van der Waals surface area contributed by atoms with Crippen LogP contribution in [0.15, 0.2) is 12.3 Å². The molecule has 1 aliphatic heterocycles. The van der Waals surface area contributed by atoms with E-state index in [1.165, 1.54) is 4.90 Å². The summed E-state index contributed by atoms with van der Waals surface area (Å²) in [6, 6.07) is 0.494. The fourth-order valence-corrected chi connectivity index (χ4v) is 2.14. The van der Waals surface area contributed by atoms with E-state index in [1.54, 1.807) is 0 Å². The molecule has 1 saturated heterocycles. The standard InChI is InChI=1S/C12H15FN4O2/c1-2-9-11(18)15-3-4-17(9)12(19)8-5-7(13)6-16-10(8)14/h5-6,9H,2-4H2,1H3,(H2,14,16)(H,15,18). The summed E-state index contributed by atoms with van der Waals surface area (Å²) in [6.45, 7) is 2.56. The van der Waals surface area contributed by atoms with Crippen molar-refractivity contribution in [3.63, 3.8) is 0 Å². The lowest BCUT2D eigenvalue weighted by Crippen LogP contribution is -2.57. The molecule has 1 fully saturated rings. The number of aromatic nitrogens is 1. The van der Waals surface area contributed by atoms with Crippen LogP contribution in [-0.4, -0.2) is 40.8 Å². The lowest BCUT2D eigenvalue weighted by molar-refractivity contribution is -0.127. The van der Waals surface area contributed by atoms with E-state index in [1.807, 2.05) is 6.92 Å². The van der Waals surface area contributed by atoms with Gasteiger partial charge in [0.1, 0.15) is 17.7 Å². The van der Waals surface area contributed by atoms with Crippen molar-refractivity contribution in [1.29, 1.82) is 0 Å². The van der Waals surface area contributed by atoms with Gasteiger partial charge in [0, 0.05) is 13.1 Å². The fourth-order valence-electron chi connectivity index (χ4n) is 2.14. The van der Waals surface area contributed by atoms with Gasteiger partial charge in [0.25, 0.3) is 5.91 Å². The maximum atomic E-state index is 13.2. The summed E-state index contributed by atoms with van der Waals surface area (Å²) < 4.78 is 13.2. The molecule has 3 N–H and O–H groups in total. The Labute approximate surface area is 109 Å². The van der Waals surface area contributed by atoms with Crippen molar-refractivity contribution in [1.82, 2.24) is 15.2 Å². The third kappa shape index (κ3) is 2.49. The number of hydrogen-bond donors (Lipinski definition) is 2. The Bertz CT molecular complexity index is 520. The predicted octanol–water partition coefficient (Wildman–Crippen LogP) is 0.153. The first-order chi connectivity index (χ1) is 9.04. The zero-order chi connectivity index (χ0) is 14.0. The molecule has 0 spiro atoms. The molecular weight excluding hydrogens is 251 g/mol. The maximum Gasteiger partial charge on any atom is 0.258 e. The third-order valence-electron chi connectivity index (χ3n) is 3.09. The SMILES string of the molecule is CCC1C(=O)NCCN1C(=O)c1cc(F)cnc1N. The summed E-state index contributed by atoms with van der Waals surface area (Å²) in [5.41, 5.74) is 5.59. The van der Waals surface area contributed by atoms with Crippen molar-refractivity contribution in [3.05, 3.63) is 23.6 Å². The normalized spacial score (nSPS) is 19.2. The van der Waals surface area contributed by atoms with Crippen LogP contribution in [-0.2, 0) is 4.79 Å². The molecule has 0 aromatic carbocycles. The van der Waals surface area contributed by atoms with Gasteiger partial charge in [-0.3, -0.25) is 9.59 Å². The minimum Gasteiger partial charge on any atom is -0.383 e. The minimum atomic E-state index is -0.632. The number of nitrogens with two attached hydrogens (primary N) is 1. The van der Waals surface area contributed by atoms with Crippen LogP contribution in [0.5, 0.6) is 0 Å². The molecule has 2 amide bonds. The number of carbonyl (C=O) groups is 2. The van der Waals surface area contributed by atoms with Gasteiger partial charge in [-0.25, -0.2) is 9.37 Å². The lowest BCUT2D eigenvalue weighted by Gasteiger charge is -2.34. The van der Waals surface area contributed by atoms with E-state index >= 15 is 0 Å². The molecule has 0 saturated carbocycles. The van der Waals surface area contributed by atoms with Gasteiger partial charge < -0.3 is 16.0 Å². The van der Waals surface area contributed by atoms with Crippen LogP contribution >= 0.6 is 0 Å². The highest BCUT2D eigenvalue weighted by Crippen LogP contribution is 2.17. The van der Waals surface area contributed by atoms with Gasteiger partial charge in [-0.1, -0.05) is 6.92 Å². The summed E-state index contributed by atoms with van der Waals surface area (Å²) in [5.74, 6) is -1.34. The lowest BCUT2D eigenvalue weighted by atomic mass is 10.1. The van der Waals surface area contributed by atoms with E-state index in [0.29, 0.717) is 19.5 Å². The van der Waals surface area contributed by atoms with Crippen molar-refractivity contribution < 1.29 is 14.0 Å². The average molecular weight is 266 g/mol. The molecule has 2 rings (SSSR count). The summed E-state index contributed by atoms with van der Waals surface area (Å²) in [5, 5.41) is 2.69. The van der Waals surface area contributed by atoms with E-state index < -0.39 is 17.8 Å². The fraction of sp³-hybridized carbons (Fsp3) is 0.417. The number of hydrogen-bond acceptors (Lipinski definition) is 4. The Morgan fingerprint density at radius 3 is 3.11 bits per heavy atom. The molecule has 6 nitrogen and oxygen atoms in total. The number of piperazine rings is 1. The number of carbonyl (C=O) groups excluding carboxylic acids is 2. The van der Waals surface area contributed by atoms with Crippen LogP contribution in [0.2, 0.25) is 0 Å². The Hall–Kier alpha value is -2.18. The van der Waals surface area contributed by atoms with Gasteiger partial charge in [0.05, 0.1) is 11.8 Å². The van der Waals surface area contributed by atoms with Crippen LogP contribution in [0.25, 0.3) is 0 Å². The molecule has 1 aliphatic rings. The second kappa shape index (κ2) is 5.21. The molecule has 1 atom stereocenters. The number of amides is 2. The number of nitrogens with zero attached hydrogens (tertiary/aromatic N) is 2. The van der Waals surface area contributed by atoms with E-state index in [9.17, 15) is 14.0 Å². The molecule has 19 heavy (non-hydrogen) atoms. The van der Waals surface area contributed by atoms with E-state index in [4.69, 9.17) is 5.73 Å². The predicted molar refractivity (Wildman–Crippen MR) is 66.7 cm³/mol. The Morgan fingerprint density at radius 2 is 2.42 bits per heavy atom. The number of anilines is 1. The van der Waals surface area contributed by atoms with Crippen LogP contribution in [0.3, 0.4) is 0 Å². The van der Waals surface area contributed by atoms with E-state index in [2.05, 4.69) is 10.3 Å². The summed E-state index contributed by atoms with van der Waals surface area (Å²) in [6.07, 6.45) is 1.44. The number of rotatable bonds is 2. The Balaban J connectivity index is 2.32. The quantitative estimate of drug-likeness (QED) is 0.797. The zero-order valence-electron chi connectivity index (χ0n) is 10.5. The van der Waals surface area contributed by atoms with Gasteiger partial charge in [0.2, 0.25) is 5.91 Å². The second-order valence-corrected chi connectivity index (χ2v) is 4.30. The zero-order valence-corrected chi connectivity index (χ0v) is 10.5. The molecular formula is C12H15FN4O2. The topological polar surface area (TPSA) is 88.3 Å². The molecule has 1 unspecified atom stereocenters. The Kier molecular flexibility index (Phi) is 3.64. The molecule has 2 heterocycles. The van der Waals surface area contributed by atoms with E-state index in [-0.39, 0.29) is 17.3 Å². The second-order valence-electron chi connectivity index (χ2n) is 4.30. The van der Waals surface area contributed by atoms with Crippen molar-refractivity contribution in [2.24, 2.45) is 0 Å². The first kappa shape index (κ1) is 13.3. The largest absolute Gasteiger partial charge is 0.383 e. The van der Waals surface area contributed by atoms with Crippen molar-refractivity contribution in [2.75, 3.05) is 18.8 Å². The number of nitrogens with one attached hydrogen (secondary N) is 1. The third-order valence-corrected chi connectivity index (χ3v) is 3.09. The number of pyridine rings is 1. The first-order valence-corrected chi connectivity index (χ1v) is 6.04. The van der Waals surface area contributed by atoms with Gasteiger partial charge >= 0.3 is 0 Å². The van der Waals surface area contributed by atoms with Crippen LogP contribution in [0.4, 0.5) is 10.2 Å². The van der Waals surface area contributed by atoms with Gasteiger partial charge in [-0.2, -0.15) is 0 Å². The van der Waals surface area contributed by atoms with Crippen molar-refractivity contribution in [3.8, 4) is 0 Å².